The van der Waals surface area contributed by atoms with Crippen molar-refractivity contribution in [2.75, 3.05) is 7.11 Å². The van der Waals surface area contributed by atoms with Gasteiger partial charge in [0.1, 0.15) is 5.01 Å². The molecule has 0 aliphatic carbocycles. The fourth-order valence-electron chi connectivity index (χ4n) is 2.03. The van der Waals surface area contributed by atoms with E-state index in [1.54, 1.807) is 42.0 Å². The molecule has 0 saturated heterocycles. The lowest BCUT2D eigenvalue weighted by Crippen LogP contribution is -2.24. The van der Waals surface area contributed by atoms with Crippen molar-refractivity contribution >= 4 is 44.5 Å². The molecule has 8 heteroatoms. The van der Waals surface area contributed by atoms with Gasteiger partial charge in [0.05, 0.1) is 24.1 Å². The van der Waals surface area contributed by atoms with Crippen molar-refractivity contribution < 1.29 is 9.53 Å². The van der Waals surface area contributed by atoms with Gasteiger partial charge in [-0.25, -0.2) is 9.97 Å². The van der Waals surface area contributed by atoms with Gasteiger partial charge < -0.3 is 10.1 Å². The minimum atomic E-state index is -0.0602. The molecule has 0 aliphatic heterocycles. The molecule has 5 nitrogen and oxygen atoms in total. The molecule has 0 aromatic carbocycles. The van der Waals surface area contributed by atoms with Crippen molar-refractivity contribution in [3.8, 4) is 15.8 Å². The number of rotatable bonds is 6. The van der Waals surface area contributed by atoms with Gasteiger partial charge in [-0.15, -0.1) is 22.7 Å². The summed E-state index contributed by atoms with van der Waals surface area (Å²) in [6.07, 6.45) is 1.93. The number of carbonyl (C=O) groups is 1. The van der Waals surface area contributed by atoms with E-state index >= 15 is 0 Å². The molecule has 1 N–H and O–H groups in total. The molecule has 1 amide bonds. The standard InChI is InChI=1S/C16H14BrN3O2S2/c1-22-15-4-10(2-3-18-15)7-19-14(21)6-12-9-24-16(20-12)13-5-11(17)8-23-13/h2-5,8-9H,6-7H2,1H3,(H,19,21). The van der Waals surface area contributed by atoms with Gasteiger partial charge in [0, 0.05) is 34.0 Å². The molecule has 3 heterocycles. The van der Waals surface area contributed by atoms with Crippen LogP contribution in [0, 0.1) is 0 Å². The first-order chi connectivity index (χ1) is 11.6. The number of pyridine rings is 1. The molecule has 0 fully saturated rings. The number of halogens is 1. The van der Waals surface area contributed by atoms with Crippen LogP contribution in [0.2, 0.25) is 0 Å². The molecule has 3 rings (SSSR count). The summed E-state index contributed by atoms with van der Waals surface area (Å²) in [4.78, 5) is 21.8. The molecule has 0 bridgehead atoms. The number of carbonyl (C=O) groups excluding carboxylic acids is 1. The third kappa shape index (κ3) is 4.40. The number of thiophene rings is 1. The Morgan fingerprint density at radius 3 is 2.96 bits per heavy atom. The number of methoxy groups -OCH3 is 1. The Morgan fingerprint density at radius 2 is 2.21 bits per heavy atom. The Morgan fingerprint density at radius 1 is 1.33 bits per heavy atom. The number of aromatic nitrogens is 2. The van der Waals surface area contributed by atoms with E-state index in [0.717, 1.165) is 25.6 Å². The Labute approximate surface area is 155 Å². The van der Waals surface area contributed by atoms with Crippen molar-refractivity contribution in [3.05, 3.63) is 50.9 Å². The number of nitrogens with zero attached hydrogens (tertiary/aromatic N) is 2. The van der Waals surface area contributed by atoms with Crippen LogP contribution in [-0.4, -0.2) is 23.0 Å². The summed E-state index contributed by atoms with van der Waals surface area (Å²) in [5.41, 5.74) is 1.72. The zero-order valence-electron chi connectivity index (χ0n) is 12.8. The Bertz CT molecular complexity index is 847. The van der Waals surface area contributed by atoms with Crippen LogP contribution in [0.4, 0.5) is 0 Å². The van der Waals surface area contributed by atoms with Gasteiger partial charge in [-0.05, 0) is 33.6 Å². The van der Waals surface area contributed by atoms with E-state index in [-0.39, 0.29) is 12.3 Å². The van der Waals surface area contributed by atoms with Crippen LogP contribution in [0.1, 0.15) is 11.3 Å². The molecule has 0 saturated carbocycles. The molecule has 0 radical (unpaired) electrons. The van der Waals surface area contributed by atoms with E-state index in [2.05, 4.69) is 31.2 Å². The van der Waals surface area contributed by atoms with Gasteiger partial charge in [-0.2, -0.15) is 0 Å². The maximum Gasteiger partial charge on any atom is 0.226 e. The molecular weight excluding hydrogens is 410 g/mol. The van der Waals surface area contributed by atoms with Gasteiger partial charge in [-0.3, -0.25) is 4.79 Å². The van der Waals surface area contributed by atoms with Crippen molar-refractivity contribution in [1.82, 2.24) is 15.3 Å². The van der Waals surface area contributed by atoms with Crippen molar-refractivity contribution in [1.29, 1.82) is 0 Å². The summed E-state index contributed by atoms with van der Waals surface area (Å²) < 4.78 is 6.12. The van der Waals surface area contributed by atoms with Gasteiger partial charge in [0.2, 0.25) is 11.8 Å². The van der Waals surface area contributed by atoms with Crippen LogP contribution in [0.5, 0.6) is 5.88 Å². The quantitative estimate of drug-likeness (QED) is 0.652. The minimum Gasteiger partial charge on any atom is -0.481 e. The first kappa shape index (κ1) is 17.1. The van der Waals surface area contributed by atoms with Crippen LogP contribution >= 0.6 is 38.6 Å². The van der Waals surface area contributed by atoms with Crippen molar-refractivity contribution in [2.24, 2.45) is 0 Å². The second-order valence-corrected chi connectivity index (χ2v) is 7.62. The summed E-state index contributed by atoms with van der Waals surface area (Å²) in [5.74, 6) is 0.475. The first-order valence-electron chi connectivity index (χ1n) is 7.08. The SMILES string of the molecule is COc1cc(CNC(=O)Cc2csc(-c3cc(Br)cs3)n2)ccn1. The fraction of sp³-hybridized carbons (Fsp3) is 0.188. The van der Waals surface area contributed by atoms with E-state index in [4.69, 9.17) is 4.74 Å². The van der Waals surface area contributed by atoms with Crippen molar-refractivity contribution in [3.63, 3.8) is 0 Å². The van der Waals surface area contributed by atoms with E-state index in [0.29, 0.717) is 12.4 Å². The van der Waals surface area contributed by atoms with Crippen LogP contribution in [0.15, 0.2) is 39.6 Å². The molecular formula is C16H14BrN3O2S2. The monoisotopic (exact) mass is 423 g/mol. The highest BCUT2D eigenvalue weighted by Gasteiger charge is 2.10. The van der Waals surface area contributed by atoms with Crippen LogP contribution in [0.3, 0.4) is 0 Å². The Hall–Kier alpha value is -1.77. The maximum atomic E-state index is 12.1. The molecule has 24 heavy (non-hydrogen) atoms. The van der Waals surface area contributed by atoms with Gasteiger partial charge in [0.15, 0.2) is 0 Å². The average Bonchev–Trinajstić information content (AvgIpc) is 3.22. The maximum absolute atomic E-state index is 12.1. The number of ether oxygens (including phenoxy) is 1. The number of thiazole rings is 1. The lowest BCUT2D eigenvalue weighted by atomic mass is 10.2. The van der Waals surface area contributed by atoms with Gasteiger partial charge in [0.25, 0.3) is 0 Å². The summed E-state index contributed by atoms with van der Waals surface area (Å²) in [6.45, 7) is 0.437. The second-order valence-electron chi connectivity index (χ2n) is 4.93. The Balaban J connectivity index is 1.56. The number of nitrogens with one attached hydrogen (secondary N) is 1. The average molecular weight is 424 g/mol. The number of hydrogen-bond acceptors (Lipinski definition) is 6. The van der Waals surface area contributed by atoms with Crippen LogP contribution in [-0.2, 0) is 17.8 Å². The van der Waals surface area contributed by atoms with Crippen LogP contribution in [0.25, 0.3) is 9.88 Å². The van der Waals surface area contributed by atoms with Crippen LogP contribution < -0.4 is 10.1 Å². The van der Waals surface area contributed by atoms with E-state index < -0.39 is 0 Å². The molecule has 124 valence electrons. The van der Waals surface area contributed by atoms with Crippen molar-refractivity contribution in [2.45, 2.75) is 13.0 Å². The molecule has 0 atom stereocenters. The smallest absolute Gasteiger partial charge is 0.226 e. The summed E-state index contributed by atoms with van der Waals surface area (Å²) in [7, 11) is 1.57. The highest BCUT2D eigenvalue weighted by Crippen LogP contribution is 2.32. The molecule has 0 aliphatic rings. The zero-order valence-corrected chi connectivity index (χ0v) is 16.0. The first-order valence-corrected chi connectivity index (χ1v) is 9.63. The third-order valence-electron chi connectivity index (χ3n) is 3.17. The third-order valence-corrected chi connectivity index (χ3v) is 5.92. The predicted octanol–water partition coefficient (Wildman–Crippen LogP) is 3.90. The summed E-state index contributed by atoms with van der Waals surface area (Å²) in [5, 5.41) is 7.78. The number of hydrogen-bond donors (Lipinski definition) is 1. The van der Waals surface area contributed by atoms with Gasteiger partial charge >= 0.3 is 0 Å². The highest BCUT2D eigenvalue weighted by atomic mass is 79.9. The number of amides is 1. The molecule has 3 aromatic heterocycles. The zero-order chi connectivity index (χ0) is 16.9. The molecule has 3 aromatic rings. The Kier molecular flexibility index (Phi) is 5.60. The normalized spacial score (nSPS) is 10.6. The van der Waals surface area contributed by atoms with E-state index in [1.165, 1.54) is 0 Å². The van der Waals surface area contributed by atoms with E-state index in [9.17, 15) is 4.79 Å². The summed E-state index contributed by atoms with van der Waals surface area (Å²) in [6, 6.07) is 5.68. The van der Waals surface area contributed by atoms with Gasteiger partial charge in [-0.1, -0.05) is 0 Å². The highest BCUT2D eigenvalue weighted by molar-refractivity contribution is 9.10. The molecule has 0 spiro atoms. The lowest BCUT2D eigenvalue weighted by molar-refractivity contribution is -0.120. The second kappa shape index (κ2) is 7.87. The summed E-state index contributed by atoms with van der Waals surface area (Å²) >= 11 is 6.62. The largest absolute Gasteiger partial charge is 0.481 e. The topological polar surface area (TPSA) is 64.1 Å². The van der Waals surface area contributed by atoms with E-state index in [1.807, 2.05) is 22.9 Å². The minimum absolute atomic E-state index is 0.0602. The predicted molar refractivity (Wildman–Crippen MR) is 99.5 cm³/mol. The fourth-order valence-corrected chi connectivity index (χ4v) is 4.35. The lowest BCUT2D eigenvalue weighted by Gasteiger charge is -2.05. The molecule has 0 unspecified atom stereocenters.